The summed E-state index contributed by atoms with van der Waals surface area (Å²) >= 11 is 0. The normalized spacial score (nSPS) is 11.2. The molecule has 0 aliphatic carbocycles. The maximum atomic E-state index is 13.3. The minimum Gasteiger partial charge on any atom is -0.478 e. The van der Waals surface area contributed by atoms with Crippen LogP contribution in [0.25, 0.3) is 21.8 Å². The number of carbonyl (C=O) groups excluding carboxylic acids is 2. The van der Waals surface area contributed by atoms with E-state index < -0.39 is 17.8 Å². The lowest BCUT2D eigenvalue weighted by molar-refractivity contribution is 0.0696. The van der Waals surface area contributed by atoms with Crippen molar-refractivity contribution in [1.29, 1.82) is 0 Å². The topological polar surface area (TPSA) is 129 Å². The van der Waals surface area contributed by atoms with Gasteiger partial charge in [-0.1, -0.05) is 36.4 Å². The Labute approximate surface area is 265 Å². The van der Waals surface area contributed by atoms with Crippen molar-refractivity contribution in [3.63, 3.8) is 0 Å². The zero-order valence-electron chi connectivity index (χ0n) is 25.4. The van der Waals surface area contributed by atoms with E-state index in [1.807, 2.05) is 66.5 Å². The van der Waals surface area contributed by atoms with Crippen LogP contribution < -0.4 is 10.6 Å². The third kappa shape index (κ3) is 6.77. The van der Waals surface area contributed by atoms with Crippen molar-refractivity contribution in [2.24, 2.45) is 7.05 Å². The maximum absolute atomic E-state index is 13.3. The average molecular weight is 613 g/mol. The highest BCUT2D eigenvalue weighted by Crippen LogP contribution is 2.23. The molecule has 0 fully saturated rings. The fourth-order valence-electron chi connectivity index (χ4n) is 5.34. The fourth-order valence-corrected chi connectivity index (χ4v) is 5.34. The molecule has 0 aliphatic heterocycles. The number of pyridine rings is 1. The van der Waals surface area contributed by atoms with Gasteiger partial charge in [0.05, 0.1) is 39.6 Å². The van der Waals surface area contributed by atoms with Gasteiger partial charge in [-0.2, -0.15) is 5.10 Å². The van der Waals surface area contributed by atoms with Gasteiger partial charge in [-0.05, 0) is 79.2 Å². The van der Waals surface area contributed by atoms with E-state index >= 15 is 0 Å². The second kappa shape index (κ2) is 13.0. The van der Waals surface area contributed by atoms with E-state index in [9.17, 15) is 19.5 Å². The summed E-state index contributed by atoms with van der Waals surface area (Å²) in [5.74, 6) is -2.17. The van der Waals surface area contributed by atoms with Crippen LogP contribution in [0.2, 0.25) is 0 Å². The summed E-state index contributed by atoms with van der Waals surface area (Å²) in [7, 11) is 4.02. The predicted octanol–water partition coefficient (Wildman–Crippen LogP) is 6.00. The number of hydrogen-bond donors (Lipinski definition) is 3. The van der Waals surface area contributed by atoms with Gasteiger partial charge in [0.15, 0.2) is 0 Å². The average Bonchev–Trinajstić information content (AvgIpc) is 3.43. The number of aromatic carboxylic acids is 1. The third-order valence-electron chi connectivity index (χ3n) is 7.87. The Morgan fingerprint density at radius 2 is 1.59 bits per heavy atom. The molecule has 3 N–H and O–H groups in total. The summed E-state index contributed by atoms with van der Waals surface area (Å²) in [5.41, 5.74) is 5.19. The number of aryl methyl sites for hydroxylation is 1. The Kier molecular flexibility index (Phi) is 8.53. The van der Waals surface area contributed by atoms with E-state index in [1.54, 1.807) is 6.07 Å². The summed E-state index contributed by atoms with van der Waals surface area (Å²) in [4.78, 5) is 44.7. The molecule has 230 valence electrons. The number of likely N-dealkylation sites (N-methyl/N-ethyl adjacent to an activating group) is 1. The Morgan fingerprint density at radius 1 is 0.804 bits per heavy atom. The largest absolute Gasteiger partial charge is 0.478 e. The van der Waals surface area contributed by atoms with Gasteiger partial charge in [0.1, 0.15) is 0 Å². The minimum absolute atomic E-state index is 0.0598. The lowest BCUT2D eigenvalue weighted by Crippen LogP contribution is -2.20. The van der Waals surface area contributed by atoms with E-state index in [0.717, 1.165) is 46.9 Å². The van der Waals surface area contributed by atoms with Crippen molar-refractivity contribution in [3.8, 4) is 0 Å². The first-order valence-electron chi connectivity index (χ1n) is 14.8. The van der Waals surface area contributed by atoms with E-state index in [1.165, 1.54) is 30.0 Å². The Balaban J connectivity index is 1.10. The molecule has 10 heteroatoms. The SMILES string of the molecule is CN(CCc1ccc(NC(=O)c2ccc(C(=O)O)cc2NC(=O)c2cnc3ccccc3c2)cc1)Cc1ccc2c(cnn2C)c1. The fraction of sp³-hybridized carbons (Fsp3) is 0.139. The highest BCUT2D eigenvalue weighted by atomic mass is 16.4. The molecular formula is C36H32N6O4. The first kappa shape index (κ1) is 30.2. The molecule has 0 radical (unpaired) electrons. The Morgan fingerprint density at radius 3 is 2.39 bits per heavy atom. The number of anilines is 2. The van der Waals surface area contributed by atoms with Crippen LogP contribution in [-0.4, -0.2) is 56.1 Å². The lowest BCUT2D eigenvalue weighted by Gasteiger charge is -2.17. The van der Waals surface area contributed by atoms with Gasteiger partial charge in [-0.15, -0.1) is 0 Å². The van der Waals surface area contributed by atoms with Crippen LogP contribution in [0.5, 0.6) is 0 Å². The quantitative estimate of drug-likeness (QED) is 0.173. The van der Waals surface area contributed by atoms with Crippen molar-refractivity contribution in [1.82, 2.24) is 19.7 Å². The van der Waals surface area contributed by atoms with E-state index in [-0.39, 0.29) is 22.4 Å². The molecule has 2 amide bonds. The number of para-hydroxylation sites is 1. The molecule has 0 saturated heterocycles. The molecular weight excluding hydrogens is 580 g/mol. The van der Waals surface area contributed by atoms with Crippen molar-refractivity contribution in [2.75, 3.05) is 24.2 Å². The molecule has 4 aromatic carbocycles. The van der Waals surface area contributed by atoms with Crippen molar-refractivity contribution < 1.29 is 19.5 Å². The van der Waals surface area contributed by atoms with Crippen LogP contribution in [0.1, 0.15) is 42.2 Å². The van der Waals surface area contributed by atoms with Crippen LogP contribution in [0.4, 0.5) is 11.4 Å². The van der Waals surface area contributed by atoms with Crippen LogP contribution in [-0.2, 0) is 20.0 Å². The standard InChI is InChI=1S/C36H32N6O4/c1-41(22-24-9-14-33-27(17-24)21-38-42(33)2)16-15-23-7-11-29(12-8-23)39-35(44)30-13-10-26(36(45)46)19-32(30)40-34(43)28-18-25-5-3-4-6-31(25)37-20-28/h3-14,17-21H,15-16,22H2,1-2H3,(H,39,44)(H,40,43)(H,45,46). The highest BCUT2D eigenvalue weighted by Gasteiger charge is 2.18. The first-order chi connectivity index (χ1) is 22.2. The Bertz CT molecular complexity index is 2090. The monoisotopic (exact) mass is 612 g/mol. The number of carboxylic acids is 1. The summed E-state index contributed by atoms with van der Waals surface area (Å²) < 4.78 is 1.87. The number of fused-ring (bicyclic) bond motifs is 2. The molecule has 0 bridgehead atoms. The number of benzene rings is 4. The van der Waals surface area contributed by atoms with Crippen LogP contribution in [0, 0.1) is 0 Å². The number of rotatable bonds is 10. The molecule has 0 atom stereocenters. The van der Waals surface area contributed by atoms with Crippen LogP contribution >= 0.6 is 0 Å². The van der Waals surface area contributed by atoms with Gasteiger partial charge >= 0.3 is 5.97 Å². The van der Waals surface area contributed by atoms with Gasteiger partial charge in [0, 0.05) is 42.8 Å². The smallest absolute Gasteiger partial charge is 0.335 e. The van der Waals surface area contributed by atoms with E-state index in [4.69, 9.17) is 0 Å². The molecule has 46 heavy (non-hydrogen) atoms. The summed E-state index contributed by atoms with van der Waals surface area (Å²) in [6.45, 7) is 1.67. The van der Waals surface area contributed by atoms with Gasteiger partial charge in [0.25, 0.3) is 11.8 Å². The van der Waals surface area contributed by atoms with E-state index in [2.05, 4.69) is 50.9 Å². The number of carbonyl (C=O) groups is 3. The highest BCUT2D eigenvalue weighted by molar-refractivity contribution is 6.13. The van der Waals surface area contributed by atoms with E-state index in [0.29, 0.717) is 5.69 Å². The molecule has 6 rings (SSSR count). The first-order valence-corrected chi connectivity index (χ1v) is 14.8. The molecule has 0 unspecified atom stereocenters. The number of nitrogens with one attached hydrogen (secondary N) is 2. The summed E-state index contributed by atoms with van der Waals surface area (Å²) in [5, 5.41) is 21.3. The molecule has 6 aromatic rings. The van der Waals surface area contributed by atoms with Gasteiger partial charge < -0.3 is 20.6 Å². The molecule has 2 aromatic heterocycles. The van der Waals surface area contributed by atoms with Crippen LogP contribution in [0.3, 0.4) is 0 Å². The maximum Gasteiger partial charge on any atom is 0.335 e. The number of nitrogens with zero attached hydrogens (tertiary/aromatic N) is 4. The Hall–Kier alpha value is -5.87. The van der Waals surface area contributed by atoms with Gasteiger partial charge in [-0.25, -0.2) is 4.79 Å². The van der Waals surface area contributed by atoms with Gasteiger partial charge in [-0.3, -0.25) is 19.3 Å². The van der Waals surface area contributed by atoms with Crippen molar-refractivity contribution >= 4 is 51.0 Å². The van der Waals surface area contributed by atoms with Crippen molar-refractivity contribution in [3.05, 3.63) is 131 Å². The number of carboxylic acid groups (broad SMARTS) is 1. The number of hydrogen-bond acceptors (Lipinski definition) is 6. The predicted molar refractivity (Wildman–Crippen MR) is 178 cm³/mol. The van der Waals surface area contributed by atoms with Crippen molar-refractivity contribution in [2.45, 2.75) is 13.0 Å². The zero-order valence-corrected chi connectivity index (χ0v) is 25.4. The third-order valence-corrected chi connectivity index (χ3v) is 7.87. The molecule has 10 nitrogen and oxygen atoms in total. The molecule has 0 spiro atoms. The lowest BCUT2D eigenvalue weighted by atomic mass is 10.1. The second-order valence-electron chi connectivity index (χ2n) is 11.2. The molecule has 2 heterocycles. The zero-order chi connectivity index (χ0) is 32.2. The summed E-state index contributed by atoms with van der Waals surface area (Å²) in [6, 6.07) is 27.1. The van der Waals surface area contributed by atoms with Gasteiger partial charge in [0.2, 0.25) is 0 Å². The second-order valence-corrected chi connectivity index (χ2v) is 11.2. The minimum atomic E-state index is -1.18. The molecule has 0 saturated carbocycles. The summed E-state index contributed by atoms with van der Waals surface area (Å²) in [6.07, 6.45) is 4.15. The van der Waals surface area contributed by atoms with Crippen LogP contribution in [0.15, 0.2) is 103 Å². The number of aromatic nitrogens is 3. The number of amides is 2. The molecule has 0 aliphatic rings.